The van der Waals surface area contributed by atoms with E-state index in [0.29, 0.717) is 6.07 Å². The van der Waals surface area contributed by atoms with Crippen molar-refractivity contribution in [3.05, 3.63) is 39.4 Å². The highest BCUT2D eigenvalue weighted by molar-refractivity contribution is 5.74. The van der Waals surface area contributed by atoms with Gasteiger partial charge in [-0.05, 0) is 13.0 Å². The van der Waals surface area contributed by atoms with Gasteiger partial charge in [-0.3, -0.25) is 14.9 Å². The fraction of sp³-hybridized carbons (Fsp3) is 0.300. The summed E-state index contributed by atoms with van der Waals surface area (Å²) in [6, 6.07) is 1.14. The van der Waals surface area contributed by atoms with Crippen LogP contribution in [0.5, 0.6) is 0 Å². The third-order valence-electron chi connectivity index (χ3n) is 1.93. The molecule has 0 atom stereocenters. The Labute approximate surface area is 95.2 Å². The monoisotopic (exact) mass is 245 g/mol. The molecule has 5 nitrogen and oxygen atoms in total. The third kappa shape index (κ3) is 3.20. The first-order valence-electron chi connectivity index (χ1n) is 4.73. The summed E-state index contributed by atoms with van der Waals surface area (Å²) < 4.78 is 30.6. The Morgan fingerprint density at radius 2 is 2.12 bits per heavy atom. The molecule has 0 aromatic heterocycles. The predicted molar refractivity (Wildman–Crippen MR) is 53.3 cm³/mol. The normalized spacial score (nSPS) is 10.1. The van der Waals surface area contributed by atoms with Crippen molar-refractivity contribution in [1.29, 1.82) is 0 Å². The standard InChI is InChI=1S/C10H9F2NO4/c1-2-17-9(14)4-6-3-7(11)5-8(12)10(6)13(15)16/h3,5H,2,4H2,1H3. The highest BCUT2D eigenvalue weighted by Crippen LogP contribution is 2.24. The Morgan fingerprint density at radius 1 is 1.47 bits per heavy atom. The van der Waals surface area contributed by atoms with Gasteiger partial charge in [0.2, 0.25) is 5.82 Å². The first-order chi connectivity index (χ1) is 7.95. The maximum Gasteiger partial charge on any atom is 0.310 e. The zero-order valence-corrected chi connectivity index (χ0v) is 8.91. The fourth-order valence-electron chi connectivity index (χ4n) is 1.33. The van der Waals surface area contributed by atoms with Crippen molar-refractivity contribution in [3.63, 3.8) is 0 Å². The molecular formula is C10H9F2NO4. The maximum absolute atomic E-state index is 13.2. The van der Waals surface area contributed by atoms with E-state index >= 15 is 0 Å². The quantitative estimate of drug-likeness (QED) is 0.462. The van der Waals surface area contributed by atoms with Crippen molar-refractivity contribution in [2.45, 2.75) is 13.3 Å². The Morgan fingerprint density at radius 3 is 2.65 bits per heavy atom. The number of carbonyl (C=O) groups excluding carboxylic acids is 1. The molecule has 0 bridgehead atoms. The molecule has 0 saturated carbocycles. The molecule has 0 amide bonds. The molecule has 7 heteroatoms. The topological polar surface area (TPSA) is 69.4 Å². The Balaban J connectivity index is 3.12. The SMILES string of the molecule is CCOC(=O)Cc1cc(F)cc(F)c1[N+](=O)[O-]. The molecule has 0 spiro atoms. The number of nitro groups is 1. The molecule has 0 heterocycles. The van der Waals surface area contributed by atoms with E-state index in [4.69, 9.17) is 0 Å². The van der Waals surface area contributed by atoms with E-state index in [2.05, 4.69) is 4.74 Å². The van der Waals surface area contributed by atoms with Crippen LogP contribution >= 0.6 is 0 Å². The van der Waals surface area contributed by atoms with Gasteiger partial charge in [0.15, 0.2) is 0 Å². The first-order valence-corrected chi connectivity index (χ1v) is 4.73. The molecule has 0 saturated heterocycles. The van der Waals surface area contributed by atoms with E-state index in [1.807, 2.05) is 0 Å². The largest absolute Gasteiger partial charge is 0.466 e. The number of benzene rings is 1. The minimum atomic E-state index is -1.31. The fourth-order valence-corrected chi connectivity index (χ4v) is 1.33. The maximum atomic E-state index is 13.2. The van der Waals surface area contributed by atoms with Gasteiger partial charge in [-0.2, -0.15) is 4.39 Å². The zero-order valence-electron chi connectivity index (χ0n) is 8.91. The number of hydrogen-bond acceptors (Lipinski definition) is 4. The summed E-state index contributed by atoms with van der Waals surface area (Å²) in [6.07, 6.45) is -0.543. The lowest BCUT2D eigenvalue weighted by Gasteiger charge is -2.04. The van der Waals surface area contributed by atoms with Crippen LogP contribution in [0, 0.1) is 21.7 Å². The van der Waals surface area contributed by atoms with Gasteiger partial charge in [-0.1, -0.05) is 0 Å². The van der Waals surface area contributed by atoms with E-state index in [1.54, 1.807) is 6.92 Å². The van der Waals surface area contributed by atoms with Gasteiger partial charge in [0.25, 0.3) is 0 Å². The van der Waals surface area contributed by atoms with E-state index in [1.165, 1.54) is 0 Å². The smallest absolute Gasteiger partial charge is 0.310 e. The van der Waals surface area contributed by atoms with Crippen molar-refractivity contribution in [3.8, 4) is 0 Å². The van der Waals surface area contributed by atoms with Crippen LogP contribution in [0.25, 0.3) is 0 Å². The molecule has 0 fully saturated rings. The van der Waals surface area contributed by atoms with Gasteiger partial charge in [0.05, 0.1) is 18.0 Å². The molecule has 1 rings (SSSR count). The van der Waals surface area contributed by atoms with Crippen LogP contribution in [0.15, 0.2) is 12.1 Å². The lowest BCUT2D eigenvalue weighted by atomic mass is 10.1. The van der Waals surface area contributed by atoms with Crippen LogP contribution in [0.4, 0.5) is 14.5 Å². The Kier molecular flexibility index (Phi) is 4.08. The van der Waals surface area contributed by atoms with Crippen LogP contribution in [0.2, 0.25) is 0 Å². The third-order valence-corrected chi connectivity index (χ3v) is 1.93. The van der Waals surface area contributed by atoms with Crippen molar-refractivity contribution in [1.82, 2.24) is 0 Å². The summed E-state index contributed by atoms with van der Waals surface area (Å²) in [5.41, 5.74) is -1.24. The van der Waals surface area contributed by atoms with Crippen LogP contribution in [0.1, 0.15) is 12.5 Å². The molecule has 0 radical (unpaired) electrons. The van der Waals surface area contributed by atoms with Gasteiger partial charge < -0.3 is 4.74 Å². The van der Waals surface area contributed by atoms with Crippen LogP contribution in [-0.2, 0) is 16.0 Å². The number of hydrogen-bond donors (Lipinski definition) is 0. The predicted octanol–water partition coefficient (Wildman–Crippen LogP) is 1.98. The summed E-state index contributed by atoms with van der Waals surface area (Å²) in [4.78, 5) is 20.7. The van der Waals surface area contributed by atoms with Gasteiger partial charge >= 0.3 is 11.7 Å². The average Bonchev–Trinajstić information content (AvgIpc) is 2.15. The number of rotatable bonds is 4. The molecule has 0 N–H and O–H groups in total. The van der Waals surface area contributed by atoms with E-state index in [-0.39, 0.29) is 12.2 Å². The van der Waals surface area contributed by atoms with Crippen molar-refractivity contribution < 1.29 is 23.2 Å². The number of ether oxygens (including phenoxy) is 1. The van der Waals surface area contributed by atoms with Gasteiger partial charge in [-0.15, -0.1) is 0 Å². The number of halogens is 2. The van der Waals surface area contributed by atoms with Crippen LogP contribution < -0.4 is 0 Å². The minimum absolute atomic E-state index is 0.0877. The summed E-state index contributed by atoms with van der Waals surface area (Å²) in [5, 5.41) is 10.6. The molecule has 0 unspecified atom stereocenters. The molecule has 0 aliphatic rings. The molecule has 92 valence electrons. The number of esters is 1. The molecule has 1 aromatic rings. The van der Waals surface area contributed by atoms with Gasteiger partial charge in [0.1, 0.15) is 5.82 Å². The van der Waals surface area contributed by atoms with Crippen molar-refractivity contribution >= 4 is 11.7 Å². The lowest BCUT2D eigenvalue weighted by molar-refractivity contribution is -0.388. The van der Waals surface area contributed by atoms with Crippen LogP contribution in [0.3, 0.4) is 0 Å². The Hall–Kier alpha value is -2.05. The summed E-state index contributed by atoms with van der Waals surface area (Å²) >= 11 is 0. The number of carbonyl (C=O) groups is 1. The summed E-state index contributed by atoms with van der Waals surface area (Å²) in [6.45, 7) is 1.64. The van der Waals surface area contributed by atoms with E-state index in [0.717, 1.165) is 6.07 Å². The molecule has 17 heavy (non-hydrogen) atoms. The van der Waals surface area contributed by atoms with E-state index in [9.17, 15) is 23.7 Å². The zero-order chi connectivity index (χ0) is 13.0. The number of nitro benzene ring substituents is 1. The van der Waals surface area contributed by atoms with Gasteiger partial charge in [-0.25, -0.2) is 4.39 Å². The molecule has 0 aliphatic carbocycles. The number of nitrogens with zero attached hydrogens (tertiary/aromatic N) is 1. The van der Waals surface area contributed by atoms with E-state index < -0.39 is 34.6 Å². The highest BCUT2D eigenvalue weighted by atomic mass is 19.1. The molecular weight excluding hydrogens is 236 g/mol. The second kappa shape index (κ2) is 5.33. The van der Waals surface area contributed by atoms with Crippen LogP contribution in [-0.4, -0.2) is 17.5 Å². The lowest BCUT2D eigenvalue weighted by Crippen LogP contribution is -2.10. The summed E-state index contributed by atoms with van der Waals surface area (Å²) in [7, 11) is 0. The van der Waals surface area contributed by atoms with Gasteiger partial charge in [0, 0.05) is 11.6 Å². The van der Waals surface area contributed by atoms with Crippen molar-refractivity contribution in [2.75, 3.05) is 6.61 Å². The summed E-state index contributed by atoms with van der Waals surface area (Å²) in [5.74, 6) is -3.07. The second-order valence-electron chi connectivity index (χ2n) is 3.13. The first kappa shape index (κ1) is 13.0. The molecule has 0 aliphatic heterocycles. The highest BCUT2D eigenvalue weighted by Gasteiger charge is 2.23. The minimum Gasteiger partial charge on any atom is -0.466 e. The Bertz CT molecular complexity index is 462. The second-order valence-corrected chi connectivity index (χ2v) is 3.13. The average molecular weight is 245 g/mol. The molecule has 1 aromatic carbocycles. The van der Waals surface area contributed by atoms with Crippen molar-refractivity contribution in [2.24, 2.45) is 0 Å².